The molecular weight excluding hydrogens is 602 g/mol. The number of benzene rings is 3. The van der Waals surface area contributed by atoms with Gasteiger partial charge in [-0.3, -0.25) is 9.59 Å². The minimum absolute atomic E-state index is 0.0338. The molecule has 4 aromatic rings. The number of quaternary nitrogens is 1. The molecule has 0 fully saturated rings. The normalized spacial score (nSPS) is 17.7. The third-order valence-corrected chi connectivity index (χ3v) is 8.13. The van der Waals surface area contributed by atoms with E-state index < -0.39 is 56.6 Å². The molecule has 12 heteroatoms. The number of aromatic amines is 1. The summed E-state index contributed by atoms with van der Waals surface area (Å²) in [7, 11) is 2.19. The number of aromatic nitrogens is 1. The molecule has 0 bridgehead atoms. The minimum atomic E-state index is -4.75. The van der Waals surface area contributed by atoms with Gasteiger partial charge in [0.2, 0.25) is 11.6 Å². The van der Waals surface area contributed by atoms with Gasteiger partial charge in [-0.05, 0) is 61.5 Å². The van der Waals surface area contributed by atoms with Crippen LogP contribution >= 0.6 is 0 Å². The Labute approximate surface area is 254 Å². The molecule has 1 unspecified atom stereocenters. The molecule has 1 atom stereocenters. The second-order valence-electron chi connectivity index (χ2n) is 10.5. The molecule has 0 radical (unpaired) electrons. The highest BCUT2D eigenvalue weighted by Crippen LogP contribution is 2.52. The molecule has 0 aliphatic carbocycles. The summed E-state index contributed by atoms with van der Waals surface area (Å²) in [4.78, 5) is 33.1. The van der Waals surface area contributed by atoms with Crippen LogP contribution in [0.5, 0.6) is 11.5 Å². The zero-order chi connectivity index (χ0) is 32.8. The number of H-pyrrole nitrogens is 1. The maximum Gasteiger partial charge on any atom is 0.416 e. The van der Waals surface area contributed by atoms with Crippen molar-refractivity contribution < 1.29 is 45.4 Å². The van der Waals surface area contributed by atoms with E-state index in [2.05, 4.69) is 4.98 Å². The van der Waals surface area contributed by atoms with E-state index in [0.717, 1.165) is 26.4 Å². The maximum atomic E-state index is 15.1. The molecular formula is C33H27F6N2O4+. The van der Waals surface area contributed by atoms with Crippen LogP contribution in [0.15, 0.2) is 91.3 Å². The fraction of sp³-hybridized carbons (Fsp3) is 0.212. The predicted octanol–water partition coefficient (Wildman–Crippen LogP) is 8.09. The van der Waals surface area contributed by atoms with Crippen LogP contribution in [0.1, 0.15) is 37.4 Å². The summed E-state index contributed by atoms with van der Waals surface area (Å²) in [6.07, 6.45) is -3.37. The SMILES string of the molecule is COc1cc(C(F)(F)F)ccc1C(=O)C1(C(=O)c2ccc(C(F)(F)F)cc2OC)C=CC[N+]1(c1cc[nH]c1)c1ccccc1C. The molecule has 0 spiro atoms. The summed E-state index contributed by atoms with van der Waals surface area (Å²) in [6, 6.07) is 13.3. The van der Waals surface area contributed by atoms with E-state index in [1.54, 1.807) is 55.7 Å². The van der Waals surface area contributed by atoms with E-state index in [4.69, 9.17) is 9.47 Å². The molecule has 1 aromatic heterocycles. The highest BCUT2D eigenvalue weighted by molar-refractivity contribution is 6.29. The zero-order valence-corrected chi connectivity index (χ0v) is 24.2. The maximum absolute atomic E-state index is 15.1. The predicted molar refractivity (Wildman–Crippen MR) is 155 cm³/mol. The number of Topliss-reactive ketones (excluding diaryl/α,β-unsaturated/α-hetero) is 2. The third-order valence-electron chi connectivity index (χ3n) is 8.13. The number of nitrogens with one attached hydrogen (secondary N) is 1. The van der Waals surface area contributed by atoms with Crippen LogP contribution in [0.4, 0.5) is 37.7 Å². The average Bonchev–Trinajstić information content (AvgIpc) is 3.69. The summed E-state index contributed by atoms with van der Waals surface area (Å²) in [5, 5.41) is 0. The number of alkyl halides is 6. The number of halogens is 6. The van der Waals surface area contributed by atoms with E-state index in [1.165, 1.54) is 6.08 Å². The first-order chi connectivity index (χ1) is 21.2. The topological polar surface area (TPSA) is 68.4 Å². The van der Waals surface area contributed by atoms with Crippen molar-refractivity contribution in [2.24, 2.45) is 0 Å². The number of nitrogens with zero attached hydrogens (tertiary/aromatic N) is 1. The van der Waals surface area contributed by atoms with Crippen LogP contribution in [-0.2, 0) is 12.4 Å². The lowest BCUT2D eigenvalue weighted by Gasteiger charge is -2.46. The molecule has 3 aromatic carbocycles. The van der Waals surface area contributed by atoms with Crippen molar-refractivity contribution >= 4 is 22.9 Å². The first-order valence-corrected chi connectivity index (χ1v) is 13.6. The molecule has 0 amide bonds. The number of methoxy groups -OCH3 is 2. The molecule has 1 aliphatic heterocycles. The fourth-order valence-electron chi connectivity index (χ4n) is 6.06. The Balaban J connectivity index is 1.88. The van der Waals surface area contributed by atoms with Crippen molar-refractivity contribution in [3.8, 4) is 11.5 Å². The minimum Gasteiger partial charge on any atom is -0.496 e. The van der Waals surface area contributed by atoms with Gasteiger partial charge in [0.05, 0.1) is 42.7 Å². The average molecular weight is 630 g/mol. The van der Waals surface area contributed by atoms with Gasteiger partial charge in [-0.25, -0.2) is 4.48 Å². The van der Waals surface area contributed by atoms with Crippen LogP contribution in [-0.4, -0.2) is 42.9 Å². The molecule has 45 heavy (non-hydrogen) atoms. The lowest BCUT2D eigenvalue weighted by Crippen LogP contribution is -2.67. The second-order valence-corrected chi connectivity index (χ2v) is 10.5. The molecule has 1 aliphatic rings. The van der Waals surface area contributed by atoms with Gasteiger partial charge in [0.15, 0.2) is 5.69 Å². The lowest BCUT2D eigenvalue weighted by atomic mass is 9.78. The first kappa shape index (κ1) is 31.6. The van der Waals surface area contributed by atoms with Crippen LogP contribution in [0.25, 0.3) is 0 Å². The van der Waals surface area contributed by atoms with Gasteiger partial charge in [0.1, 0.15) is 23.7 Å². The van der Waals surface area contributed by atoms with Gasteiger partial charge in [0.25, 0.3) is 5.54 Å². The van der Waals surface area contributed by atoms with Crippen molar-refractivity contribution in [1.82, 2.24) is 9.47 Å². The Morgan fingerprint density at radius 2 is 1.33 bits per heavy atom. The van der Waals surface area contributed by atoms with Crippen molar-refractivity contribution in [3.05, 3.63) is 119 Å². The van der Waals surface area contributed by atoms with Crippen LogP contribution in [0.3, 0.4) is 0 Å². The second kappa shape index (κ2) is 11.3. The Morgan fingerprint density at radius 1 is 0.800 bits per heavy atom. The number of ketones is 2. The van der Waals surface area contributed by atoms with Crippen molar-refractivity contribution in [2.75, 3.05) is 20.8 Å². The summed E-state index contributed by atoms with van der Waals surface area (Å²) >= 11 is 0. The summed E-state index contributed by atoms with van der Waals surface area (Å²) in [5.41, 5.74) is -3.49. The van der Waals surface area contributed by atoms with Gasteiger partial charge in [-0.2, -0.15) is 26.3 Å². The number of ether oxygens (including phenoxy) is 2. The highest BCUT2D eigenvalue weighted by atomic mass is 19.4. The molecule has 1 N–H and O–H groups in total. The molecule has 6 nitrogen and oxygen atoms in total. The number of carbonyl (C=O) groups is 2. The van der Waals surface area contributed by atoms with E-state index in [1.807, 2.05) is 0 Å². The molecule has 0 saturated carbocycles. The number of carbonyl (C=O) groups excluding carboxylic acids is 2. The number of hydrogen-bond donors (Lipinski definition) is 1. The molecule has 5 rings (SSSR count). The zero-order valence-electron chi connectivity index (χ0n) is 24.2. The van der Waals surface area contributed by atoms with Crippen molar-refractivity contribution in [2.45, 2.75) is 24.8 Å². The van der Waals surface area contributed by atoms with Gasteiger partial charge in [0, 0.05) is 17.8 Å². The summed E-state index contributed by atoms with van der Waals surface area (Å²) in [6.45, 7) is 1.81. The number of hydrogen-bond acceptors (Lipinski definition) is 4. The van der Waals surface area contributed by atoms with Gasteiger partial charge < -0.3 is 14.5 Å². The van der Waals surface area contributed by atoms with E-state index in [-0.39, 0.29) is 17.7 Å². The largest absolute Gasteiger partial charge is 0.496 e. The smallest absolute Gasteiger partial charge is 0.416 e. The van der Waals surface area contributed by atoms with Crippen molar-refractivity contribution in [1.29, 1.82) is 0 Å². The fourth-order valence-corrected chi connectivity index (χ4v) is 6.06. The number of rotatable bonds is 8. The first-order valence-electron chi connectivity index (χ1n) is 13.6. The molecule has 0 saturated heterocycles. The van der Waals surface area contributed by atoms with Crippen LogP contribution in [0, 0.1) is 6.92 Å². The Kier molecular flexibility index (Phi) is 7.90. The van der Waals surface area contributed by atoms with Gasteiger partial charge in [-0.1, -0.05) is 18.2 Å². The Hall–Kier alpha value is -4.84. The standard InChI is InChI=1S/C33H27F6N2O4/c1-20-7-4-5-8-26(20)41(23-13-15-40-19-23)16-6-14-31(41,29(42)24-11-9-21(32(34,35)36)17-27(24)44-2)30(43)25-12-10-22(33(37,38)39)18-28(25)45-3/h4-15,17-19,40H,16H2,1-3H3/q+1. The van der Waals surface area contributed by atoms with E-state index in [9.17, 15) is 26.3 Å². The number of aryl methyl sites for hydroxylation is 1. The molecule has 234 valence electrons. The Bertz CT molecular complexity index is 1720. The summed E-state index contributed by atoms with van der Waals surface area (Å²) < 4.78 is 91.8. The van der Waals surface area contributed by atoms with E-state index in [0.29, 0.717) is 41.2 Å². The Morgan fingerprint density at radius 3 is 1.78 bits per heavy atom. The lowest BCUT2D eigenvalue weighted by molar-refractivity contribution is -0.138. The van der Waals surface area contributed by atoms with Gasteiger partial charge >= 0.3 is 12.4 Å². The summed E-state index contributed by atoms with van der Waals surface area (Å²) in [5.74, 6) is -2.73. The van der Waals surface area contributed by atoms with Gasteiger partial charge in [-0.15, -0.1) is 0 Å². The van der Waals surface area contributed by atoms with Crippen LogP contribution < -0.4 is 14.0 Å². The number of para-hydroxylation sites is 1. The monoisotopic (exact) mass is 629 g/mol. The van der Waals surface area contributed by atoms with Crippen LogP contribution in [0.2, 0.25) is 0 Å². The molecule has 2 heterocycles. The van der Waals surface area contributed by atoms with E-state index >= 15 is 9.59 Å². The third kappa shape index (κ3) is 4.98. The van der Waals surface area contributed by atoms with Crippen molar-refractivity contribution in [3.63, 3.8) is 0 Å². The quantitative estimate of drug-likeness (QED) is 0.0704. The highest BCUT2D eigenvalue weighted by Gasteiger charge is 2.66.